The number of carbonyl (C=O) groups excluding carboxylic acids is 4. The van der Waals surface area contributed by atoms with Crippen molar-refractivity contribution in [1.29, 1.82) is 0 Å². The van der Waals surface area contributed by atoms with Gasteiger partial charge in [-0.25, -0.2) is 0 Å². The van der Waals surface area contributed by atoms with Crippen molar-refractivity contribution < 1.29 is 33.8 Å². The number of fused-ring (bicyclic) bond motifs is 2. The summed E-state index contributed by atoms with van der Waals surface area (Å²) in [6.07, 6.45) is 5.80. The van der Waals surface area contributed by atoms with E-state index >= 15 is 9.59 Å². The van der Waals surface area contributed by atoms with Gasteiger partial charge in [-0.1, -0.05) is 109 Å². The molecule has 0 saturated carbocycles. The molecule has 4 aliphatic heterocycles. The molecule has 3 aromatic carbocycles. The van der Waals surface area contributed by atoms with Gasteiger partial charge in [0.25, 0.3) is 5.91 Å². The molecular formula is C41H42ClN3O7. The lowest BCUT2D eigenvalue weighted by molar-refractivity contribution is -0.164. The minimum Gasteiger partial charge on any atom is -0.455 e. The summed E-state index contributed by atoms with van der Waals surface area (Å²) in [5, 5.41) is 11.3. The number of aliphatic hydroxyl groups is 1. The third kappa shape index (κ3) is 5.92. The quantitative estimate of drug-likeness (QED) is 0.279. The van der Waals surface area contributed by atoms with E-state index in [1.54, 1.807) is 77.5 Å². The highest BCUT2D eigenvalue weighted by Crippen LogP contribution is 2.55. The van der Waals surface area contributed by atoms with E-state index in [0.717, 1.165) is 5.56 Å². The molecule has 10 nitrogen and oxygen atoms in total. The van der Waals surface area contributed by atoms with Crippen LogP contribution in [0.1, 0.15) is 48.6 Å². The highest BCUT2D eigenvalue weighted by atomic mass is 35.5. The number of likely N-dealkylation sites (N-methyl/N-ethyl adjacent to an activating group) is 1. The number of aryl methyl sites for hydroxylation is 1. The number of para-hydroxylation sites is 1. The number of likely N-dealkylation sites (tertiary alicyclic amines) is 1. The summed E-state index contributed by atoms with van der Waals surface area (Å²) in [6, 6.07) is 20.9. The van der Waals surface area contributed by atoms with Gasteiger partial charge in [0, 0.05) is 20.0 Å². The molecule has 52 heavy (non-hydrogen) atoms. The maximum absolute atomic E-state index is 15.2. The second kappa shape index (κ2) is 14.3. The molecule has 8 atom stereocenters. The lowest BCUT2D eigenvalue weighted by Crippen LogP contribution is -2.56. The molecule has 0 aliphatic carbocycles. The average Bonchev–Trinajstić information content (AvgIpc) is 3.54. The molecule has 0 radical (unpaired) electrons. The maximum Gasteiger partial charge on any atom is 0.313 e. The van der Waals surface area contributed by atoms with Gasteiger partial charge in [0.1, 0.15) is 23.7 Å². The Bertz CT molecular complexity index is 1900. The number of esters is 1. The van der Waals surface area contributed by atoms with Gasteiger partial charge in [-0.3, -0.25) is 19.2 Å². The van der Waals surface area contributed by atoms with Crippen LogP contribution in [0.3, 0.4) is 0 Å². The largest absolute Gasteiger partial charge is 0.455 e. The highest BCUT2D eigenvalue weighted by molar-refractivity contribution is 6.34. The lowest BCUT2D eigenvalue weighted by Gasteiger charge is -2.39. The summed E-state index contributed by atoms with van der Waals surface area (Å²) in [4.78, 5) is 62.8. The number of carbonyl (C=O) groups is 4. The third-order valence-corrected chi connectivity index (χ3v) is 11.3. The zero-order valence-electron chi connectivity index (χ0n) is 29.3. The highest BCUT2D eigenvalue weighted by Gasteiger charge is 2.73. The Morgan fingerprint density at radius 1 is 0.942 bits per heavy atom. The molecule has 3 aromatic rings. The Balaban J connectivity index is 1.38. The SMILES string of the molecule is Cc1cccc(Cl)c1N1CC=C[C@@]23O[C@H]4/C=C\CCC(=O)N(C)[C@@H](C)[C@H](c5ccccc5)OC(=O)[C@H]4[C@@H]2C(=O)N([C@H](CO)c2ccccc2)[C@H]3C1=O. The number of hydrogen-bond donors (Lipinski definition) is 1. The normalized spacial score (nSPS) is 30.4. The van der Waals surface area contributed by atoms with Crippen LogP contribution in [-0.4, -0.2) is 82.6 Å². The number of benzene rings is 3. The minimum absolute atomic E-state index is 0.108. The summed E-state index contributed by atoms with van der Waals surface area (Å²) in [6.45, 7) is 3.34. The molecule has 0 unspecified atom stereocenters. The van der Waals surface area contributed by atoms with Crippen molar-refractivity contribution in [3.05, 3.63) is 125 Å². The summed E-state index contributed by atoms with van der Waals surface area (Å²) in [5.41, 5.74) is 0.972. The van der Waals surface area contributed by atoms with Crippen molar-refractivity contribution in [3.8, 4) is 0 Å². The second-order valence-electron chi connectivity index (χ2n) is 13.9. The van der Waals surface area contributed by atoms with Crippen LogP contribution >= 0.6 is 11.6 Å². The van der Waals surface area contributed by atoms with E-state index in [0.29, 0.717) is 28.3 Å². The predicted octanol–water partition coefficient (Wildman–Crippen LogP) is 5.35. The van der Waals surface area contributed by atoms with Gasteiger partial charge in [0.2, 0.25) is 11.8 Å². The summed E-state index contributed by atoms with van der Waals surface area (Å²) < 4.78 is 13.3. The molecule has 7 rings (SSSR count). The first-order chi connectivity index (χ1) is 25.1. The standard InChI is InChI=1S/C41H42ClN3O7/c1-25-14-12-19-29(42)35(25)44-23-13-22-41-34(38(48)45(37(41)39(44)49)30(24-46)27-15-6-4-7-16-27)33-31(52-41)20-10-11-21-32(47)43(3)26(2)36(51-40(33)50)28-17-8-5-9-18-28/h4-10,12-20,22,26,30-31,33-34,36-37,46H,11,21,23-24H2,1-3H3/b20-10-/t26-,30+,31-,33+,34+,36+,37-,41+/m0/s1. The van der Waals surface area contributed by atoms with E-state index in [2.05, 4.69) is 0 Å². The Morgan fingerprint density at radius 2 is 1.65 bits per heavy atom. The van der Waals surface area contributed by atoms with Crippen molar-refractivity contribution in [2.75, 3.05) is 25.1 Å². The third-order valence-electron chi connectivity index (χ3n) is 11.0. The zero-order chi connectivity index (χ0) is 36.7. The maximum atomic E-state index is 15.2. The van der Waals surface area contributed by atoms with Crippen LogP contribution in [0, 0.1) is 18.8 Å². The van der Waals surface area contributed by atoms with Crippen LogP contribution in [0.5, 0.6) is 0 Å². The van der Waals surface area contributed by atoms with Crippen LogP contribution in [0.15, 0.2) is 103 Å². The molecule has 4 aliphatic rings. The van der Waals surface area contributed by atoms with Crippen LogP contribution < -0.4 is 4.90 Å². The van der Waals surface area contributed by atoms with Crippen LogP contribution in [0.2, 0.25) is 5.02 Å². The van der Waals surface area contributed by atoms with Crippen molar-refractivity contribution in [2.45, 2.75) is 62.6 Å². The molecule has 4 heterocycles. The van der Waals surface area contributed by atoms with E-state index < -0.39 is 72.2 Å². The van der Waals surface area contributed by atoms with Crippen LogP contribution in [-0.2, 0) is 28.7 Å². The number of aliphatic hydroxyl groups excluding tert-OH is 1. The van der Waals surface area contributed by atoms with Crippen molar-refractivity contribution in [1.82, 2.24) is 9.80 Å². The molecular weight excluding hydrogens is 682 g/mol. The van der Waals surface area contributed by atoms with Gasteiger partial charge >= 0.3 is 5.97 Å². The van der Waals surface area contributed by atoms with E-state index in [1.165, 1.54) is 4.90 Å². The Labute approximate surface area is 308 Å². The monoisotopic (exact) mass is 723 g/mol. The molecule has 0 aromatic heterocycles. The molecule has 1 spiro atoms. The van der Waals surface area contributed by atoms with Crippen molar-refractivity contribution in [3.63, 3.8) is 0 Å². The van der Waals surface area contributed by atoms with Crippen molar-refractivity contribution in [2.24, 2.45) is 11.8 Å². The number of halogens is 1. The van der Waals surface area contributed by atoms with Gasteiger partial charge in [-0.05, 0) is 43.0 Å². The van der Waals surface area contributed by atoms with E-state index in [4.69, 9.17) is 21.1 Å². The number of amides is 3. The molecule has 0 bridgehead atoms. The Morgan fingerprint density at radius 3 is 2.35 bits per heavy atom. The summed E-state index contributed by atoms with van der Waals surface area (Å²) in [7, 11) is 1.69. The smallest absolute Gasteiger partial charge is 0.313 e. The number of rotatable bonds is 5. The summed E-state index contributed by atoms with van der Waals surface area (Å²) in [5.74, 6) is -4.09. The first-order valence-corrected chi connectivity index (χ1v) is 18.0. The molecule has 2 fully saturated rings. The fourth-order valence-corrected chi connectivity index (χ4v) is 8.68. The number of anilines is 1. The molecule has 2 saturated heterocycles. The van der Waals surface area contributed by atoms with E-state index in [1.807, 2.05) is 56.3 Å². The first-order valence-electron chi connectivity index (χ1n) is 17.7. The number of cyclic esters (lactones) is 1. The topological polar surface area (TPSA) is 117 Å². The Kier molecular flexibility index (Phi) is 9.82. The molecule has 1 N–H and O–H groups in total. The lowest BCUT2D eigenvalue weighted by atomic mass is 9.77. The number of hydrogen-bond acceptors (Lipinski definition) is 7. The molecule has 11 heteroatoms. The van der Waals surface area contributed by atoms with Gasteiger partial charge in [-0.2, -0.15) is 0 Å². The first kappa shape index (κ1) is 35.6. The number of ether oxygens (including phenoxy) is 2. The van der Waals surface area contributed by atoms with E-state index in [-0.39, 0.29) is 18.9 Å². The second-order valence-corrected chi connectivity index (χ2v) is 14.3. The zero-order valence-corrected chi connectivity index (χ0v) is 30.1. The van der Waals surface area contributed by atoms with Crippen LogP contribution in [0.25, 0.3) is 0 Å². The summed E-state index contributed by atoms with van der Waals surface area (Å²) >= 11 is 6.73. The van der Waals surface area contributed by atoms with Crippen LogP contribution in [0.4, 0.5) is 5.69 Å². The van der Waals surface area contributed by atoms with E-state index in [9.17, 15) is 14.7 Å². The fraction of sp³-hybridized carbons (Fsp3) is 0.366. The van der Waals surface area contributed by atoms with Gasteiger partial charge in [0.05, 0.1) is 41.4 Å². The fourth-order valence-electron chi connectivity index (χ4n) is 8.36. The minimum atomic E-state index is -1.61. The Hall–Kier alpha value is -4.77. The number of allylic oxidation sites excluding steroid dienone is 1. The van der Waals surface area contributed by atoms with Gasteiger partial charge in [0.15, 0.2) is 0 Å². The molecule has 270 valence electrons. The number of nitrogens with zero attached hydrogens (tertiary/aromatic N) is 3. The predicted molar refractivity (Wildman–Crippen MR) is 195 cm³/mol. The average molecular weight is 724 g/mol. The van der Waals surface area contributed by atoms with Gasteiger partial charge in [-0.15, -0.1) is 0 Å². The van der Waals surface area contributed by atoms with Gasteiger partial charge < -0.3 is 29.3 Å². The molecule has 3 amide bonds. The van der Waals surface area contributed by atoms with Crippen molar-refractivity contribution >= 4 is 41.0 Å².